The second kappa shape index (κ2) is 3.70. The van der Waals surface area contributed by atoms with Gasteiger partial charge in [-0.05, 0) is 19.9 Å². The van der Waals surface area contributed by atoms with Crippen LogP contribution in [0.2, 0.25) is 0 Å². The fraction of sp³-hybridized carbons (Fsp3) is 0.556. The van der Waals surface area contributed by atoms with Gasteiger partial charge in [0, 0.05) is 10.5 Å². The lowest BCUT2D eigenvalue weighted by atomic mass is 9.82. The Labute approximate surface area is 79.1 Å². The van der Waals surface area contributed by atoms with E-state index in [1.807, 2.05) is 39.0 Å². The number of allylic oxidation sites excluding steroid dienone is 2. The zero-order valence-corrected chi connectivity index (χ0v) is 8.91. The smallest absolute Gasteiger partial charge is 0.133 e. The highest BCUT2D eigenvalue weighted by Crippen LogP contribution is 2.38. The summed E-state index contributed by atoms with van der Waals surface area (Å²) in [4.78, 5) is 8.71. The van der Waals surface area contributed by atoms with Gasteiger partial charge in [-0.1, -0.05) is 24.6 Å². The van der Waals surface area contributed by atoms with Crippen molar-refractivity contribution in [3.8, 4) is 0 Å². The van der Waals surface area contributed by atoms with Crippen LogP contribution in [0.4, 0.5) is 0 Å². The molecule has 0 radical (unpaired) electrons. The van der Waals surface area contributed by atoms with Crippen molar-refractivity contribution in [3.05, 3.63) is 23.8 Å². The lowest BCUT2D eigenvalue weighted by molar-refractivity contribution is 0.0906. The zero-order chi connectivity index (χ0) is 10.1. The first kappa shape index (κ1) is 10.6. The van der Waals surface area contributed by atoms with E-state index in [-0.39, 0.29) is 5.92 Å². The van der Waals surface area contributed by atoms with E-state index in [1.165, 1.54) is 0 Å². The third-order valence-electron chi connectivity index (χ3n) is 2.60. The van der Waals surface area contributed by atoms with Gasteiger partial charge in [0.15, 0.2) is 0 Å². The zero-order valence-electron chi connectivity index (χ0n) is 8.02. The van der Waals surface area contributed by atoms with Gasteiger partial charge in [0.1, 0.15) is 5.60 Å². The fourth-order valence-electron chi connectivity index (χ4n) is 1.41. The Morgan fingerprint density at radius 1 is 1.69 bits per heavy atom. The van der Waals surface area contributed by atoms with Gasteiger partial charge in [0.25, 0.3) is 0 Å². The van der Waals surface area contributed by atoms with Gasteiger partial charge in [-0.25, -0.2) is 0 Å². The molecule has 0 aromatic heterocycles. The number of hydrogen-bond donors (Lipinski definition) is 1. The van der Waals surface area contributed by atoms with Crippen LogP contribution in [0.1, 0.15) is 20.8 Å². The summed E-state index contributed by atoms with van der Waals surface area (Å²) in [5.74, 6) is 0.128. The van der Waals surface area contributed by atoms with Gasteiger partial charge in [0.05, 0.1) is 0 Å². The van der Waals surface area contributed by atoms with Gasteiger partial charge >= 0.3 is 8.25 Å². The van der Waals surface area contributed by atoms with Crippen LogP contribution in [0.3, 0.4) is 0 Å². The summed E-state index contributed by atoms with van der Waals surface area (Å²) in [5.41, 5.74) is 0.503. The van der Waals surface area contributed by atoms with E-state index in [2.05, 4.69) is 0 Å². The summed E-state index contributed by atoms with van der Waals surface area (Å²) in [5, 5.41) is 0. The molecule has 0 heterocycles. The summed E-state index contributed by atoms with van der Waals surface area (Å²) in [6.07, 6.45) is 5.66. The first-order chi connectivity index (χ1) is 5.96. The Hall–Kier alpha value is -0.500. The van der Waals surface area contributed by atoms with Gasteiger partial charge in [-0.15, -0.1) is 9.42 Å². The molecular formula is C9H14O3P+. The highest BCUT2D eigenvalue weighted by atomic mass is 31.1. The summed E-state index contributed by atoms with van der Waals surface area (Å²) in [6.45, 7) is 5.78. The molecule has 72 valence electrons. The minimum atomic E-state index is -2.55. The molecule has 0 bridgehead atoms. The number of hydrogen-bond acceptors (Lipinski definition) is 2. The Bertz CT molecular complexity index is 283. The van der Waals surface area contributed by atoms with Crippen molar-refractivity contribution in [3.63, 3.8) is 0 Å². The van der Waals surface area contributed by atoms with Crippen LogP contribution in [0.15, 0.2) is 23.8 Å². The van der Waals surface area contributed by atoms with Gasteiger partial charge in [-0.3, -0.25) is 0 Å². The lowest BCUT2D eigenvalue weighted by Crippen LogP contribution is -2.34. The monoisotopic (exact) mass is 201 g/mol. The topological polar surface area (TPSA) is 46.5 Å². The largest absolute Gasteiger partial charge is 0.695 e. The predicted molar refractivity (Wildman–Crippen MR) is 51.4 cm³/mol. The van der Waals surface area contributed by atoms with Crippen LogP contribution in [-0.2, 0) is 9.09 Å². The molecule has 3 unspecified atom stereocenters. The normalized spacial score (nSPS) is 34.3. The summed E-state index contributed by atoms with van der Waals surface area (Å²) >= 11 is 0. The Morgan fingerprint density at radius 2 is 2.31 bits per heavy atom. The molecule has 3 atom stereocenters. The minimum absolute atomic E-state index is 0.128. The van der Waals surface area contributed by atoms with Gasteiger partial charge in [-0.2, -0.15) is 0 Å². The van der Waals surface area contributed by atoms with E-state index in [9.17, 15) is 4.57 Å². The van der Waals surface area contributed by atoms with Gasteiger partial charge in [0.2, 0.25) is 0 Å². The van der Waals surface area contributed by atoms with Crippen LogP contribution in [0, 0.1) is 5.92 Å². The molecule has 13 heavy (non-hydrogen) atoms. The summed E-state index contributed by atoms with van der Waals surface area (Å²) in [6, 6.07) is 0. The van der Waals surface area contributed by atoms with E-state index >= 15 is 0 Å². The van der Waals surface area contributed by atoms with Gasteiger partial charge < -0.3 is 0 Å². The number of rotatable bonds is 2. The van der Waals surface area contributed by atoms with Crippen molar-refractivity contribution in [2.75, 3.05) is 0 Å². The molecule has 4 heteroatoms. The van der Waals surface area contributed by atoms with Crippen LogP contribution in [0.5, 0.6) is 0 Å². The highest BCUT2D eigenvalue weighted by molar-refractivity contribution is 7.32. The molecule has 0 amide bonds. The van der Waals surface area contributed by atoms with Crippen LogP contribution < -0.4 is 0 Å². The van der Waals surface area contributed by atoms with Crippen molar-refractivity contribution in [1.29, 1.82) is 0 Å². The Balaban J connectivity index is 2.86. The highest BCUT2D eigenvalue weighted by Gasteiger charge is 2.40. The maximum absolute atomic E-state index is 10.6. The molecule has 3 nitrogen and oxygen atoms in total. The summed E-state index contributed by atoms with van der Waals surface area (Å²) in [7, 11) is -2.55. The Kier molecular flexibility index (Phi) is 3.01. The maximum atomic E-state index is 10.6. The van der Waals surface area contributed by atoms with Crippen LogP contribution >= 0.6 is 8.25 Å². The molecule has 0 aliphatic heterocycles. The quantitative estimate of drug-likeness (QED) is 0.698. The fourth-order valence-corrected chi connectivity index (χ4v) is 1.96. The third kappa shape index (κ3) is 2.25. The predicted octanol–water partition coefficient (Wildman–Crippen LogP) is 2.56. The van der Waals surface area contributed by atoms with Crippen LogP contribution in [-0.4, -0.2) is 10.5 Å². The van der Waals surface area contributed by atoms with Crippen molar-refractivity contribution < 1.29 is 14.0 Å². The third-order valence-corrected chi connectivity index (χ3v) is 3.15. The molecule has 0 spiro atoms. The maximum Gasteiger partial charge on any atom is 0.695 e. The molecule has 0 fully saturated rings. The molecule has 1 N–H and O–H groups in total. The average Bonchev–Trinajstić information content (AvgIpc) is 1.99. The Morgan fingerprint density at radius 3 is 2.85 bits per heavy atom. The molecule has 1 aliphatic rings. The van der Waals surface area contributed by atoms with E-state index in [0.29, 0.717) is 0 Å². The van der Waals surface area contributed by atoms with Crippen molar-refractivity contribution in [2.45, 2.75) is 26.4 Å². The van der Waals surface area contributed by atoms with Crippen LogP contribution in [0.25, 0.3) is 0 Å². The van der Waals surface area contributed by atoms with Crippen molar-refractivity contribution >= 4 is 8.25 Å². The SMILES string of the molecule is CC1=CC=CC(C)(O[P+](=O)O)C1C. The summed E-state index contributed by atoms with van der Waals surface area (Å²) < 4.78 is 15.6. The molecule has 1 aliphatic carbocycles. The van der Waals surface area contributed by atoms with E-state index in [0.717, 1.165) is 5.57 Å². The van der Waals surface area contributed by atoms with E-state index < -0.39 is 13.9 Å². The molecule has 0 aromatic carbocycles. The van der Waals surface area contributed by atoms with Crippen molar-refractivity contribution in [2.24, 2.45) is 5.92 Å². The van der Waals surface area contributed by atoms with Crippen molar-refractivity contribution in [1.82, 2.24) is 0 Å². The lowest BCUT2D eigenvalue weighted by Gasteiger charge is -2.29. The second-order valence-corrected chi connectivity index (χ2v) is 4.16. The first-order valence-corrected chi connectivity index (χ1v) is 5.30. The minimum Gasteiger partial charge on any atom is -0.133 e. The molecule has 0 saturated heterocycles. The van der Waals surface area contributed by atoms with E-state index in [4.69, 9.17) is 9.42 Å². The average molecular weight is 201 g/mol. The molecule has 0 saturated carbocycles. The van der Waals surface area contributed by atoms with E-state index in [1.54, 1.807) is 0 Å². The standard InChI is InChI=1S/C9H13O3P/c1-7-5-4-6-9(3,8(7)2)12-13(10)11/h4-6,8H,1-3H3/p+1. The first-order valence-electron chi connectivity index (χ1n) is 4.17. The molecule has 0 aromatic rings. The molecular weight excluding hydrogens is 187 g/mol. The molecule has 1 rings (SSSR count). The second-order valence-electron chi connectivity index (χ2n) is 3.50.